The van der Waals surface area contributed by atoms with E-state index in [9.17, 15) is 0 Å². The molecule has 0 unspecified atom stereocenters. The zero-order valence-corrected chi connectivity index (χ0v) is 7.03. The first-order valence-corrected chi connectivity index (χ1v) is 4.31. The number of pyridine rings is 2. The topological polar surface area (TPSA) is 35.0 Å². The van der Waals surface area contributed by atoms with Gasteiger partial charge in [0, 0.05) is 18.0 Å². The Labute approximate surface area is 75.4 Å². The highest BCUT2D eigenvalue weighted by molar-refractivity contribution is 5.76. The standard InChI is InChI=1S/C10H8N2O/c1-2-7-6-9-8(3-5-13-9)12-10(7)11-4-1/h1-2,4,6H,3,5H2. The molecule has 0 saturated heterocycles. The van der Waals surface area contributed by atoms with Gasteiger partial charge in [0.15, 0.2) is 5.65 Å². The summed E-state index contributed by atoms with van der Waals surface area (Å²) in [6.07, 6.45) is 2.67. The predicted octanol–water partition coefficient (Wildman–Crippen LogP) is 1.56. The second kappa shape index (κ2) is 2.42. The summed E-state index contributed by atoms with van der Waals surface area (Å²) >= 11 is 0. The lowest BCUT2D eigenvalue weighted by Crippen LogP contribution is -1.87. The van der Waals surface area contributed by atoms with Gasteiger partial charge in [-0.2, -0.15) is 0 Å². The first-order chi connectivity index (χ1) is 6.43. The molecule has 3 heteroatoms. The van der Waals surface area contributed by atoms with Crippen LogP contribution in [-0.4, -0.2) is 16.6 Å². The van der Waals surface area contributed by atoms with Gasteiger partial charge < -0.3 is 4.74 Å². The maximum atomic E-state index is 5.42. The van der Waals surface area contributed by atoms with Gasteiger partial charge >= 0.3 is 0 Å². The molecule has 1 aliphatic rings. The molecule has 13 heavy (non-hydrogen) atoms. The fourth-order valence-corrected chi connectivity index (χ4v) is 1.58. The molecule has 0 N–H and O–H groups in total. The second-order valence-corrected chi connectivity index (χ2v) is 3.08. The first kappa shape index (κ1) is 6.83. The fraction of sp³-hybridized carbons (Fsp3) is 0.200. The van der Waals surface area contributed by atoms with E-state index >= 15 is 0 Å². The van der Waals surface area contributed by atoms with E-state index < -0.39 is 0 Å². The summed E-state index contributed by atoms with van der Waals surface area (Å²) in [5, 5.41) is 1.04. The molecule has 64 valence electrons. The zero-order chi connectivity index (χ0) is 8.67. The van der Waals surface area contributed by atoms with E-state index in [-0.39, 0.29) is 0 Å². The number of hydrogen-bond donors (Lipinski definition) is 0. The normalized spacial score (nSPS) is 14.2. The predicted molar refractivity (Wildman–Crippen MR) is 48.7 cm³/mol. The number of rotatable bonds is 0. The third kappa shape index (κ3) is 0.967. The Morgan fingerprint density at radius 2 is 2.38 bits per heavy atom. The first-order valence-electron chi connectivity index (χ1n) is 4.31. The van der Waals surface area contributed by atoms with E-state index in [1.165, 1.54) is 0 Å². The van der Waals surface area contributed by atoms with Gasteiger partial charge in [0.05, 0.1) is 12.3 Å². The van der Waals surface area contributed by atoms with Crippen molar-refractivity contribution < 1.29 is 4.74 Å². The van der Waals surface area contributed by atoms with E-state index in [1.807, 2.05) is 18.2 Å². The summed E-state index contributed by atoms with van der Waals surface area (Å²) in [6, 6.07) is 5.92. The van der Waals surface area contributed by atoms with Gasteiger partial charge in [0.1, 0.15) is 5.75 Å². The molecule has 0 aliphatic carbocycles. The van der Waals surface area contributed by atoms with Gasteiger partial charge in [0.2, 0.25) is 0 Å². The highest BCUT2D eigenvalue weighted by Gasteiger charge is 2.14. The highest BCUT2D eigenvalue weighted by atomic mass is 16.5. The molecule has 0 spiro atoms. The van der Waals surface area contributed by atoms with E-state index in [1.54, 1.807) is 6.20 Å². The number of ether oxygens (including phenoxy) is 1. The second-order valence-electron chi connectivity index (χ2n) is 3.08. The third-order valence-corrected chi connectivity index (χ3v) is 2.23. The van der Waals surface area contributed by atoms with Gasteiger partial charge in [-0.25, -0.2) is 9.97 Å². The van der Waals surface area contributed by atoms with E-state index in [4.69, 9.17) is 4.74 Å². The van der Waals surface area contributed by atoms with Crippen LogP contribution in [0, 0.1) is 0 Å². The quantitative estimate of drug-likeness (QED) is 0.605. The van der Waals surface area contributed by atoms with Gasteiger partial charge in [-0.3, -0.25) is 0 Å². The molecular weight excluding hydrogens is 164 g/mol. The van der Waals surface area contributed by atoms with Crippen LogP contribution < -0.4 is 4.74 Å². The molecule has 2 aromatic rings. The van der Waals surface area contributed by atoms with Crippen molar-refractivity contribution in [2.45, 2.75) is 6.42 Å². The molecule has 0 amide bonds. The summed E-state index contributed by atoms with van der Waals surface area (Å²) in [6.45, 7) is 0.749. The largest absolute Gasteiger partial charge is 0.491 e. The third-order valence-electron chi connectivity index (χ3n) is 2.23. The molecule has 0 fully saturated rings. The minimum atomic E-state index is 0.749. The van der Waals surface area contributed by atoms with Crippen LogP contribution in [0.2, 0.25) is 0 Å². The van der Waals surface area contributed by atoms with Crippen molar-refractivity contribution in [3.05, 3.63) is 30.1 Å². The van der Waals surface area contributed by atoms with Crippen molar-refractivity contribution in [1.29, 1.82) is 0 Å². The van der Waals surface area contributed by atoms with Crippen LogP contribution in [0.4, 0.5) is 0 Å². The Morgan fingerprint density at radius 1 is 1.38 bits per heavy atom. The SMILES string of the molecule is c1cnc2nc3c(cc2c1)OCC3. The Bertz CT molecular complexity index is 425. The van der Waals surface area contributed by atoms with Crippen LogP contribution >= 0.6 is 0 Å². The molecule has 0 atom stereocenters. The monoisotopic (exact) mass is 172 g/mol. The number of fused-ring (bicyclic) bond motifs is 2. The fourth-order valence-electron chi connectivity index (χ4n) is 1.58. The summed E-state index contributed by atoms with van der Waals surface area (Å²) < 4.78 is 5.42. The average molecular weight is 172 g/mol. The van der Waals surface area contributed by atoms with Crippen LogP contribution in [0.15, 0.2) is 24.4 Å². The molecule has 3 heterocycles. The Morgan fingerprint density at radius 3 is 3.38 bits per heavy atom. The summed E-state index contributed by atoms with van der Waals surface area (Å²) in [5.74, 6) is 0.917. The maximum Gasteiger partial charge on any atom is 0.159 e. The minimum Gasteiger partial charge on any atom is -0.491 e. The highest BCUT2D eigenvalue weighted by Crippen LogP contribution is 2.26. The zero-order valence-electron chi connectivity index (χ0n) is 7.03. The van der Waals surface area contributed by atoms with Crippen LogP contribution in [-0.2, 0) is 6.42 Å². The van der Waals surface area contributed by atoms with Gasteiger partial charge in [-0.05, 0) is 18.2 Å². The lowest BCUT2D eigenvalue weighted by molar-refractivity contribution is 0.357. The molecular formula is C10H8N2O. The van der Waals surface area contributed by atoms with Crippen LogP contribution in [0.3, 0.4) is 0 Å². The van der Waals surface area contributed by atoms with E-state index in [0.717, 1.165) is 35.5 Å². The number of aromatic nitrogens is 2. The number of nitrogens with zero attached hydrogens (tertiary/aromatic N) is 2. The van der Waals surface area contributed by atoms with Crippen LogP contribution in [0.5, 0.6) is 5.75 Å². The summed E-state index contributed by atoms with van der Waals surface area (Å²) in [5.41, 5.74) is 1.85. The van der Waals surface area contributed by atoms with Crippen molar-refractivity contribution in [2.75, 3.05) is 6.61 Å². The summed E-state index contributed by atoms with van der Waals surface area (Å²) in [7, 11) is 0. The molecule has 3 rings (SSSR count). The Kier molecular flexibility index (Phi) is 1.27. The van der Waals surface area contributed by atoms with Crippen LogP contribution in [0.1, 0.15) is 5.69 Å². The van der Waals surface area contributed by atoms with Crippen molar-refractivity contribution in [2.24, 2.45) is 0 Å². The van der Waals surface area contributed by atoms with Crippen molar-refractivity contribution in [3.63, 3.8) is 0 Å². The van der Waals surface area contributed by atoms with Crippen LogP contribution in [0.25, 0.3) is 11.0 Å². The van der Waals surface area contributed by atoms with Crippen molar-refractivity contribution >= 4 is 11.0 Å². The molecule has 1 aliphatic heterocycles. The van der Waals surface area contributed by atoms with Gasteiger partial charge in [-0.1, -0.05) is 0 Å². The maximum absolute atomic E-state index is 5.42. The van der Waals surface area contributed by atoms with E-state index in [0.29, 0.717) is 0 Å². The molecule has 0 aromatic carbocycles. The van der Waals surface area contributed by atoms with Gasteiger partial charge in [0.25, 0.3) is 0 Å². The van der Waals surface area contributed by atoms with E-state index in [2.05, 4.69) is 9.97 Å². The van der Waals surface area contributed by atoms with Gasteiger partial charge in [-0.15, -0.1) is 0 Å². The van der Waals surface area contributed by atoms with Crippen molar-refractivity contribution in [1.82, 2.24) is 9.97 Å². The smallest absolute Gasteiger partial charge is 0.159 e. The molecule has 0 radical (unpaired) electrons. The summed E-state index contributed by atoms with van der Waals surface area (Å²) in [4.78, 5) is 8.61. The lowest BCUT2D eigenvalue weighted by Gasteiger charge is -1.99. The average Bonchev–Trinajstić information content (AvgIpc) is 2.61. The Hall–Kier alpha value is -1.64. The molecule has 2 aromatic heterocycles. The van der Waals surface area contributed by atoms with Crippen molar-refractivity contribution in [3.8, 4) is 5.75 Å². The molecule has 0 saturated carbocycles. The molecule has 3 nitrogen and oxygen atoms in total. The Balaban J connectivity index is 2.36. The number of hydrogen-bond acceptors (Lipinski definition) is 3. The minimum absolute atomic E-state index is 0.749. The lowest BCUT2D eigenvalue weighted by atomic mass is 10.2. The molecule has 0 bridgehead atoms.